The first-order valence-corrected chi connectivity index (χ1v) is 7.94. The summed E-state index contributed by atoms with van der Waals surface area (Å²) in [7, 11) is 0. The number of likely N-dealkylation sites (tertiary alicyclic amines) is 1. The fraction of sp³-hybridized carbons (Fsp3) is 0.647. The molecule has 4 rings (SSSR count). The molecule has 2 saturated heterocycles. The zero-order valence-electron chi connectivity index (χ0n) is 11.6. The van der Waals surface area contributed by atoms with E-state index in [-0.39, 0.29) is 0 Å². The second-order valence-corrected chi connectivity index (χ2v) is 6.58. The van der Waals surface area contributed by atoms with Crippen LogP contribution >= 0.6 is 0 Å². The van der Waals surface area contributed by atoms with Crippen molar-refractivity contribution in [3.05, 3.63) is 35.4 Å². The fourth-order valence-corrected chi connectivity index (χ4v) is 4.37. The Bertz CT molecular complexity index is 442. The van der Waals surface area contributed by atoms with Gasteiger partial charge in [0.25, 0.3) is 0 Å². The molecular weight excluding hydrogens is 232 g/mol. The van der Waals surface area contributed by atoms with Crippen molar-refractivity contribution in [3.63, 3.8) is 0 Å². The third-order valence-corrected chi connectivity index (χ3v) is 5.46. The van der Waals surface area contributed by atoms with E-state index in [1.165, 1.54) is 51.7 Å². The van der Waals surface area contributed by atoms with Crippen LogP contribution in [0.15, 0.2) is 24.3 Å². The molecule has 0 aromatic heterocycles. The van der Waals surface area contributed by atoms with Crippen LogP contribution in [0, 0.1) is 5.92 Å². The highest BCUT2D eigenvalue weighted by Crippen LogP contribution is 2.31. The lowest BCUT2D eigenvalue weighted by Crippen LogP contribution is -2.42. The average molecular weight is 256 g/mol. The maximum Gasteiger partial charge on any atom is 0.0235 e. The van der Waals surface area contributed by atoms with Crippen LogP contribution in [0.5, 0.6) is 0 Å². The highest BCUT2D eigenvalue weighted by molar-refractivity contribution is 5.30. The maximum atomic E-state index is 3.73. The smallest absolute Gasteiger partial charge is 0.0235 e. The zero-order valence-corrected chi connectivity index (χ0v) is 11.6. The predicted molar refractivity (Wildman–Crippen MR) is 78.3 cm³/mol. The van der Waals surface area contributed by atoms with E-state index in [0.29, 0.717) is 0 Å². The molecule has 0 amide bonds. The van der Waals surface area contributed by atoms with Gasteiger partial charge in [0.05, 0.1) is 0 Å². The molecule has 0 radical (unpaired) electrons. The molecule has 1 aromatic carbocycles. The van der Waals surface area contributed by atoms with Crippen molar-refractivity contribution < 1.29 is 0 Å². The molecule has 0 spiro atoms. The summed E-state index contributed by atoms with van der Waals surface area (Å²) >= 11 is 0. The van der Waals surface area contributed by atoms with E-state index >= 15 is 0 Å². The van der Waals surface area contributed by atoms with Crippen LogP contribution in [-0.2, 0) is 12.8 Å². The molecule has 2 fully saturated rings. The molecule has 1 N–H and O–H groups in total. The van der Waals surface area contributed by atoms with E-state index in [1.54, 1.807) is 11.1 Å². The fourth-order valence-electron chi connectivity index (χ4n) is 4.37. The van der Waals surface area contributed by atoms with Crippen molar-refractivity contribution in [2.75, 3.05) is 19.6 Å². The second-order valence-electron chi connectivity index (χ2n) is 6.58. The minimum atomic E-state index is 0.783. The molecule has 2 heteroatoms. The van der Waals surface area contributed by atoms with Crippen LogP contribution < -0.4 is 5.32 Å². The van der Waals surface area contributed by atoms with Crippen LogP contribution in [-0.4, -0.2) is 36.6 Å². The molecule has 1 aromatic rings. The van der Waals surface area contributed by atoms with Crippen LogP contribution in [0.1, 0.15) is 30.4 Å². The third-order valence-electron chi connectivity index (χ3n) is 5.46. The van der Waals surface area contributed by atoms with Gasteiger partial charge in [-0.3, -0.25) is 4.90 Å². The van der Waals surface area contributed by atoms with Crippen molar-refractivity contribution in [1.82, 2.24) is 10.2 Å². The molecule has 2 aliphatic heterocycles. The first-order chi connectivity index (χ1) is 9.40. The van der Waals surface area contributed by atoms with Crippen molar-refractivity contribution >= 4 is 0 Å². The van der Waals surface area contributed by atoms with Gasteiger partial charge in [-0.2, -0.15) is 0 Å². The van der Waals surface area contributed by atoms with Crippen molar-refractivity contribution in [3.8, 4) is 0 Å². The average Bonchev–Trinajstić information content (AvgIpc) is 2.90. The minimum absolute atomic E-state index is 0.783. The Balaban J connectivity index is 1.47. The van der Waals surface area contributed by atoms with E-state index in [0.717, 1.165) is 18.0 Å². The molecule has 3 aliphatic rings. The van der Waals surface area contributed by atoms with Gasteiger partial charge in [0, 0.05) is 25.2 Å². The largest absolute Gasteiger partial charge is 0.312 e. The number of hydrogen-bond donors (Lipinski definition) is 1. The summed E-state index contributed by atoms with van der Waals surface area (Å²) in [5, 5.41) is 3.73. The molecule has 2 heterocycles. The topological polar surface area (TPSA) is 15.3 Å². The molecule has 0 saturated carbocycles. The highest BCUT2D eigenvalue weighted by atomic mass is 15.2. The Labute approximate surface area is 116 Å². The van der Waals surface area contributed by atoms with Gasteiger partial charge in [0.1, 0.15) is 0 Å². The molecular formula is C17H24N2. The summed E-state index contributed by atoms with van der Waals surface area (Å²) in [6.45, 7) is 3.87. The Hall–Kier alpha value is -0.860. The van der Waals surface area contributed by atoms with Gasteiger partial charge in [-0.15, -0.1) is 0 Å². The van der Waals surface area contributed by atoms with Crippen LogP contribution in [0.3, 0.4) is 0 Å². The van der Waals surface area contributed by atoms with Gasteiger partial charge >= 0.3 is 0 Å². The number of hydrogen-bond acceptors (Lipinski definition) is 2. The number of aryl methyl sites for hydroxylation is 1. The van der Waals surface area contributed by atoms with Gasteiger partial charge in [-0.25, -0.2) is 0 Å². The predicted octanol–water partition coefficient (Wildman–Crippen LogP) is 2.23. The van der Waals surface area contributed by atoms with Crippen LogP contribution in [0.2, 0.25) is 0 Å². The summed E-state index contributed by atoms with van der Waals surface area (Å²) in [5.74, 6) is 0.922. The third kappa shape index (κ3) is 2.21. The lowest BCUT2D eigenvalue weighted by Gasteiger charge is -2.32. The van der Waals surface area contributed by atoms with Crippen molar-refractivity contribution in [2.45, 2.75) is 44.2 Å². The Morgan fingerprint density at radius 3 is 2.84 bits per heavy atom. The molecule has 2 nitrogen and oxygen atoms in total. The van der Waals surface area contributed by atoms with E-state index in [9.17, 15) is 0 Å². The lowest BCUT2D eigenvalue weighted by molar-refractivity contribution is 0.212. The van der Waals surface area contributed by atoms with Gasteiger partial charge in [0.15, 0.2) is 0 Å². The summed E-state index contributed by atoms with van der Waals surface area (Å²) in [4.78, 5) is 2.78. The summed E-state index contributed by atoms with van der Waals surface area (Å²) in [6, 6.07) is 10.6. The number of piperidine rings is 1. The molecule has 0 bridgehead atoms. The van der Waals surface area contributed by atoms with Gasteiger partial charge in [-0.05, 0) is 55.7 Å². The SMILES string of the molecule is c1ccc2c(c1)CCC(N1CC3CCCNC3C1)C2. The number of nitrogens with zero attached hydrogens (tertiary/aromatic N) is 1. The summed E-state index contributed by atoms with van der Waals surface area (Å²) < 4.78 is 0. The monoisotopic (exact) mass is 256 g/mol. The van der Waals surface area contributed by atoms with Gasteiger partial charge < -0.3 is 5.32 Å². The molecule has 1 aliphatic carbocycles. The zero-order chi connectivity index (χ0) is 12.7. The quantitative estimate of drug-likeness (QED) is 0.829. The van der Waals surface area contributed by atoms with Gasteiger partial charge in [0.2, 0.25) is 0 Å². The van der Waals surface area contributed by atoms with Gasteiger partial charge in [-0.1, -0.05) is 24.3 Å². The van der Waals surface area contributed by atoms with E-state index in [1.807, 2.05) is 0 Å². The number of fused-ring (bicyclic) bond motifs is 2. The van der Waals surface area contributed by atoms with E-state index in [2.05, 4.69) is 34.5 Å². The Kier molecular flexibility index (Phi) is 3.08. The molecule has 3 unspecified atom stereocenters. The molecule has 19 heavy (non-hydrogen) atoms. The maximum absolute atomic E-state index is 3.73. The molecule has 102 valence electrons. The van der Waals surface area contributed by atoms with Crippen LogP contribution in [0.4, 0.5) is 0 Å². The number of rotatable bonds is 1. The first kappa shape index (κ1) is 11.9. The Morgan fingerprint density at radius 2 is 1.95 bits per heavy atom. The minimum Gasteiger partial charge on any atom is -0.312 e. The standard InChI is InChI=1S/C17H24N2/c1-2-5-14-10-16(8-7-13(14)4-1)19-11-15-6-3-9-18-17(15)12-19/h1-2,4-5,15-18H,3,6-12H2. The van der Waals surface area contributed by atoms with Crippen LogP contribution in [0.25, 0.3) is 0 Å². The number of nitrogens with one attached hydrogen (secondary N) is 1. The number of benzene rings is 1. The normalized spacial score (nSPS) is 34.8. The summed E-state index contributed by atoms with van der Waals surface area (Å²) in [6.07, 6.45) is 6.73. The van der Waals surface area contributed by atoms with Crippen molar-refractivity contribution in [2.24, 2.45) is 5.92 Å². The highest BCUT2D eigenvalue weighted by Gasteiger charge is 2.37. The van der Waals surface area contributed by atoms with E-state index in [4.69, 9.17) is 0 Å². The summed E-state index contributed by atoms with van der Waals surface area (Å²) in [5.41, 5.74) is 3.19. The van der Waals surface area contributed by atoms with E-state index < -0.39 is 0 Å². The lowest BCUT2D eigenvalue weighted by atomic mass is 9.87. The second kappa shape index (κ2) is 4.92. The molecule has 3 atom stereocenters. The van der Waals surface area contributed by atoms with Crippen molar-refractivity contribution in [1.29, 1.82) is 0 Å². The first-order valence-electron chi connectivity index (χ1n) is 7.94. The Morgan fingerprint density at radius 1 is 1.05 bits per heavy atom.